The number of carbonyl (C=O) groups excluding carboxylic acids is 1. The Morgan fingerprint density at radius 1 is 1.20 bits per heavy atom. The number of pyridine rings is 1. The summed E-state index contributed by atoms with van der Waals surface area (Å²) in [7, 11) is 0. The molecule has 0 radical (unpaired) electrons. The molecule has 0 aliphatic carbocycles. The van der Waals surface area contributed by atoms with E-state index in [1.54, 1.807) is 11.1 Å². The molecule has 0 saturated carbocycles. The molecule has 0 unspecified atom stereocenters. The molecular weight excluding hydrogens is 465 g/mol. The first kappa shape index (κ1) is 23.4. The van der Waals surface area contributed by atoms with Gasteiger partial charge in [-0.2, -0.15) is 0 Å². The Morgan fingerprint density at radius 2 is 1.97 bits per heavy atom. The number of rotatable bonds is 4. The number of anilines is 1. The maximum Gasteiger partial charge on any atom is 0.573 e. The van der Waals surface area contributed by atoms with Gasteiger partial charge < -0.3 is 30.8 Å². The SMILES string of the molecule is Nc1cc(OC(F)(F)F)ccc1C(=O)N1CCC(c2ccnc3nc([C@H]4OCC[C@H]4N)[nH]c23)CC1. The highest BCUT2D eigenvalue weighted by Crippen LogP contribution is 2.35. The third-order valence-electron chi connectivity index (χ3n) is 6.56. The summed E-state index contributed by atoms with van der Waals surface area (Å²) in [6, 6.07) is 5.21. The molecule has 5 rings (SSSR count). The third-order valence-corrected chi connectivity index (χ3v) is 6.56. The molecule has 1 aromatic carbocycles. The van der Waals surface area contributed by atoms with Crippen molar-refractivity contribution in [1.29, 1.82) is 0 Å². The van der Waals surface area contributed by atoms with Gasteiger partial charge in [0.1, 0.15) is 17.7 Å². The van der Waals surface area contributed by atoms with Gasteiger partial charge in [0.2, 0.25) is 0 Å². The maximum absolute atomic E-state index is 13.0. The molecule has 35 heavy (non-hydrogen) atoms. The molecule has 9 nitrogen and oxygen atoms in total. The van der Waals surface area contributed by atoms with Gasteiger partial charge in [-0.1, -0.05) is 0 Å². The van der Waals surface area contributed by atoms with Crippen molar-refractivity contribution in [3.05, 3.63) is 47.4 Å². The Bertz CT molecular complexity index is 1240. The van der Waals surface area contributed by atoms with Crippen LogP contribution >= 0.6 is 0 Å². The number of hydrogen-bond acceptors (Lipinski definition) is 7. The van der Waals surface area contributed by atoms with Crippen LogP contribution in [0.5, 0.6) is 5.75 Å². The maximum atomic E-state index is 13.0. The van der Waals surface area contributed by atoms with Crippen LogP contribution in [-0.2, 0) is 4.74 Å². The molecule has 2 aromatic heterocycles. The molecule has 2 fully saturated rings. The zero-order chi connectivity index (χ0) is 24.7. The van der Waals surface area contributed by atoms with E-state index in [-0.39, 0.29) is 35.2 Å². The molecule has 1 amide bonds. The third kappa shape index (κ3) is 4.76. The van der Waals surface area contributed by atoms with Crippen LogP contribution in [0, 0.1) is 0 Å². The lowest BCUT2D eigenvalue weighted by Gasteiger charge is -2.32. The van der Waals surface area contributed by atoms with Gasteiger partial charge >= 0.3 is 6.36 Å². The lowest BCUT2D eigenvalue weighted by Crippen LogP contribution is -2.38. The van der Waals surface area contributed by atoms with E-state index >= 15 is 0 Å². The van der Waals surface area contributed by atoms with Gasteiger partial charge in [0.25, 0.3) is 5.91 Å². The minimum Gasteiger partial charge on any atom is -0.406 e. The average Bonchev–Trinajstić information content (AvgIpc) is 3.43. The number of benzene rings is 1. The number of nitrogens with two attached hydrogens (primary N) is 2. The van der Waals surface area contributed by atoms with Crippen molar-refractivity contribution in [2.24, 2.45) is 5.73 Å². The first-order chi connectivity index (χ1) is 16.7. The van der Waals surface area contributed by atoms with Crippen molar-refractivity contribution in [2.75, 3.05) is 25.4 Å². The molecule has 2 aliphatic rings. The molecule has 2 atom stereocenters. The van der Waals surface area contributed by atoms with Gasteiger partial charge in [-0.3, -0.25) is 4.79 Å². The second-order valence-electron chi connectivity index (χ2n) is 8.83. The molecule has 3 aromatic rings. The van der Waals surface area contributed by atoms with Crippen molar-refractivity contribution in [2.45, 2.75) is 43.7 Å². The van der Waals surface area contributed by atoms with E-state index in [2.05, 4.69) is 19.7 Å². The highest BCUT2D eigenvalue weighted by atomic mass is 19.4. The number of carbonyl (C=O) groups is 1. The Hall–Kier alpha value is -3.38. The van der Waals surface area contributed by atoms with E-state index < -0.39 is 12.1 Å². The first-order valence-corrected chi connectivity index (χ1v) is 11.4. The van der Waals surface area contributed by atoms with Crippen molar-refractivity contribution < 1.29 is 27.4 Å². The zero-order valence-corrected chi connectivity index (χ0v) is 18.7. The van der Waals surface area contributed by atoms with Crippen LogP contribution in [0.4, 0.5) is 18.9 Å². The molecular formula is C23H25F3N6O3. The standard InChI is InChI=1S/C23H25F3N6O3/c24-23(25,26)35-13-1-2-15(17(28)11-13)22(33)32-8-4-12(5-9-32)14-3-7-29-20-18(14)30-21(31-20)19-16(27)6-10-34-19/h1-3,7,11-12,16,19H,4-6,8-10,27-28H2,(H,29,30,31)/t16-,19+/m1/s1. The summed E-state index contributed by atoms with van der Waals surface area (Å²) in [5.74, 6) is 0.0624. The van der Waals surface area contributed by atoms with E-state index in [0.717, 1.165) is 29.6 Å². The van der Waals surface area contributed by atoms with Gasteiger partial charge in [-0.05, 0) is 48.9 Å². The minimum atomic E-state index is -4.83. The summed E-state index contributed by atoms with van der Waals surface area (Å²) in [5, 5.41) is 0. The van der Waals surface area contributed by atoms with Crippen molar-refractivity contribution >= 4 is 22.8 Å². The number of fused-ring (bicyclic) bond motifs is 1. The number of aromatic nitrogens is 3. The number of aromatic amines is 1. The molecule has 2 saturated heterocycles. The van der Waals surface area contributed by atoms with Crippen LogP contribution < -0.4 is 16.2 Å². The number of hydrogen-bond donors (Lipinski definition) is 3. The minimum absolute atomic E-state index is 0.0629. The summed E-state index contributed by atoms with van der Waals surface area (Å²) in [4.78, 5) is 27.0. The van der Waals surface area contributed by atoms with E-state index in [9.17, 15) is 18.0 Å². The van der Waals surface area contributed by atoms with Crippen LogP contribution in [0.15, 0.2) is 30.5 Å². The molecule has 5 N–H and O–H groups in total. The fraction of sp³-hybridized carbons (Fsp3) is 0.435. The number of nitrogens with one attached hydrogen (secondary N) is 1. The first-order valence-electron chi connectivity index (χ1n) is 11.4. The van der Waals surface area contributed by atoms with E-state index in [0.29, 0.717) is 44.0 Å². The number of nitrogen functional groups attached to an aromatic ring is 1. The van der Waals surface area contributed by atoms with Gasteiger partial charge in [0.15, 0.2) is 5.65 Å². The molecule has 2 aliphatic heterocycles. The number of imidazole rings is 1. The number of nitrogens with zero attached hydrogens (tertiary/aromatic N) is 3. The second kappa shape index (κ2) is 9.00. The Balaban J connectivity index is 1.28. The number of amides is 1. The van der Waals surface area contributed by atoms with E-state index in [1.807, 2.05) is 6.07 Å². The number of likely N-dealkylation sites (tertiary alicyclic amines) is 1. The van der Waals surface area contributed by atoms with Gasteiger partial charge in [0.05, 0.1) is 11.1 Å². The van der Waals surface area contributed by atoms with Gasteiger partial charge in [0, 0.05) is 43.7 Å². The van der Waals surface area contributed by atoms with Crippen molar-refractivity contribution in [3.8, 4) is 5.75 Å². The predicted octanol–water partition coefficient (Wildman–Crippen LogP) is 3.25. The van der Waals surface area contributed by atoms with Crippen LogP contribution in [0.25, 0.3) is 11.2 Å². The quantitative estimate of drug-likeness (QED) is 0.478. The lowest BCUT2D eigenvalue weighted by molar-refractivity contribution is -0.274. The van der Waals surface area contributed by atoms with Gasteiger partial charge in [-0.15, -0.1) is 13.2 Å². The molecule has 12 heteroatoms. The summed E-state index contributed by atoms with van der Waals surface area (Å²) in [6.45, 7) is 1.55. The highest BCUT2D eigenvalue weighted by molar-refractivity contribution is 5.99. The number of halogens is 3. The second-order valence-corrected chi connectivity index (χ2v) is 8.83. The average molecular weight is 490 g/mol. The van der Waals surface area contributed by atoms with Crippen LogP contribution in [0.1, 0.15) is 53.0 Å². The Labute approximate surface area is 198 Å². The molecule has 0 bridgehead atoms. The van der Waals surface area contributed by atoms with Gasteiger partial charge in [-0.25, -0.2) is 9.97 Å². The largest absolute Gasteiger partial charge is 0.573 e. The van der Waals surface area contributed by atoms with Crippen molar-refractivity contribution in [1.82, 2.24) is 19.9 Å². The van der Waals surface area contributed by atoms with Crippen LogP contribution in [-0.4, -0.2) is 57.9 Å². The van der Waals surface area contributed by atoms with Crippen LogP contribution in [0.3, 0.4) is 0 Å². The summed E-state index contributed by atoms with van der Waals surface area (Å²) >= 11 is 0. The fourth-order valence-corrected chi connectivity index (χ4v) is 4.81. The summed E-state index contributed by atoms with van der Waals surface area (Å²) < 4.78 is 46.9. The van der Waals surface area contributed by atoms with E-state index in [4.69, 9.17) is 16.2 Å². The Kier molecular flexibility index (Phi) is 6.01. The topological polar surface area (TPSA) is 132 Å². The number of H-pyrrole nitrogens is 1. The molecule has 4 heterocycles. The lowest BCUT2D eigenvalue weighted by atomic mass is 9.89. The van der Waals surface area contributed by atoms with E-state index in [1.165, 1.54) is 6.07 Å². The summed E-state index contributed by atoms with van der Waals surface area (Å²) in [5.41, 5.74) is 14.6. The number of alkyl halides is 3. The van der Waals surface area contributed by atoms with Crippen molar-refractivity contribution in [3.63, 3.8) is 0 Å². The highest BCUT2D eigenvalue weighted by Gasteiger charge is 2.33. The normalized spacial score (nSPS) is 21.5. The monoisotopic (exact) mass is 490 g/mol. The summed E-state index contributed by atoms with van der Waals surface area (Å²) in [6.07, 6.45) is -1.21. The smallest absolute Gasteiger partial charge is 0.406 e. The number of piperidine rings is 1. The predicted molar refractivity (Wildman–Crippen MR) is 121 cm³/mol. The zero-order valence-electron chi connectivity index (χ0n) is 18.7. The van der Waals surface area contributed by atoms with Crippen LogP contribution in [0.2, 0.25) is 0 Å². The Morgan fingerprint density at radius 3 is 2.63 bits per heavy atom. The fourth-order valence-electron chi connectivity index (χ4n) is 4.81. The molecule has 186 valence electrons. The number of ether oxygens (including phenoxy) is 2. The molecule has 0 spiro atoms.